The van der Waals surface area contributed by atoms with Crippen LogP contribution >= 0.6 is 34.4 Å². The Bertz CT molecular complexity index is 462. The molecular weight excluding hydrogens is 381 g/mol. The second-order valence-corrected chi connectivity index (χ2v) is 8.14. The van der Waals surface area contributed by atoms with Crippen LogP contribution in [0.5, 0.6) is 0 Å². The first kappa shape index (κ1) is 15.1. The van der Waals surface area contributed by atoms with Gasteiger partial charge in [0.2, 0.25) is 0 Å². The second-order valence-electron chi connectivity index (χ2n) is 5.87. The van der Waals surface area contributed by atoms with Crippen LogP contribution in [0.25, 0.3) is 0 Å². The quantitative estimate of drug-likeness (QED) is 0.775. The predicted octanol–water partition coefficient (Wildman–Crippen LogP) is 3.85. The van der Waals surface area contributed by atoms with Crippen molar-refractivity contribution in [2.24, 2.45) is 5.92 Å². The Morgan fingerprint density at radius 3 is 3.00 bits per heavy atom. The van der Waals surface area contributed by atoms with Gasteiger partial charge in [-0.15, -0.1) is 0 Å². The molecule has 4 heteroatoms. The lowest BCUT2D eigenvalue weighted by molar-refractivity contribution is -0.0851. The largest absolute Gasteiger partial charge is 0.374 e. The first-order chi connectivity index (χ1) is 9.74. The molecule has 2 aliphatic rings. The molecular formula is C16H22INOS. The van der Waals surface area contributed by atoms with Crippen LogP contribution in [-0.2, 0) is 4.74 Å². The molecule has 3 unspecified atom stereocenters. The number of hydrogen-bond donors (Lipinski definition) is 1. The maximum atomic E-state index is 6.17. The Morgan fingerprint density at radius 2 is 2.30 bits per heavy atom. The molecule has 3 rings (SSSR count). The Hall–Kier alpha value is 0.220. The van der Waals surface area contributed by atoms with Crippen LogP contribution in [-0.4, -0.2) is 30.8 Å². The van der Waals surface area contributed by atoms with Gasteiger partial charge < -0.3 is 10.1 Å². The van der Waals surface area contributed by atoms with Crippen molar-refractivity contribution >= 4 is 34.4 Å². The molecule has 2 saturated heterocycles. The Labute approximate surface area is 139 Å². The minimum atomic E-state index is 0.170. The summed E-state index contributed by atoms with van der Waals surface area (Å²) in [5.74, 6) is 3.13. The van der Waals surface area contributed by atoms with Gasteiger partial charge >= 0.3 is 0 Å². The third-order valence-corrected chi connectivity index (χ3v) is 6.83. The zero-order chi connectivity index (χ0) is 14.0. The molecule has 2 nitrogen and oxygen atoms in total. The molecule has 110 valence electrons. The lowest BCUT2D eigenvalue weighted by atomic mass is 9.79. The van der Waals surface area contributed by atoms with E-state index < -0.39 is 0 Å². The van der Waals surface area contributed by atoms with Gasteiger partial charge in [-0.1, -0.05) is 18.2 Å². The maximum Gasteiger partial charge on any atom is 0.0783 e. The summed E-state index contributed by atoms with van der Waals surface area (Å²) in [7, 11) is 2.10. The van der Waals surface area contributed by atoms with E-state index in [0.717, 1.165) is 6.61 Å². The van der Waals surface area contributed by atoms with Crippen LogP contribution in [0.3, 0.4) is 0 Å². The van der Waals surface area contributed by atoms with E-state index in [0.29, 0.717) is 12.0 Å². The van der Waals surface area contributed by atoms with E-state index in [2.05, 4.69) is 71.0 Å². The third-order valence-electron chi connectivity index (χ3n) is 4.62. The number of halogens is 1. The topological polar surface area (TPSA) is 21.3 Å². The standard InChI is InChI=1S/C16H22INOS/c1-18-15(13-4-2-3-5-14(13)17)12-6-8-19-16(10-12)7-9-20-11-16/h2-5,12,15,18H,6-11H2,1H3. The Morgan fingerprint density at radius 1 is 1.45 bits per heavy atom. The molecule has 2 aliphatic heterocycles. The smallest absolute Gasteiger partial charge is 0.0783 e. The minimum absolute atomic E-state index is 0.170. The lowest BCUT2D eigenvalue weighted by Gasteiger charge is -2.41. The van der Waals surface area contributed by atoms with Crippen LogP contribution in [0.1, 0.15) is 30.9 Å². The van der Waals surface area contributed by atoms with Crippen molar-refractivity contribution in [3.63, 3.8) is 0 Å². The summed E-state index contributed by atoms with van der Waals surface area (Å²) in [6.07, 6.45) is 3.61. The highest BCUT2D eigenvalue weighted by Crippen LogP contribution is 2.44. The fourth-order valence-corrected chi connectivity index (χ4v) is 5.69. The highest BCUT2D eigenvalue weighted by atomic mass is 127. The van der Waals surface area contributed by atoms with Crippen molar-refractivity contribution < 1.29 is 4.74 Å². The van der Waals surface area contributed by atoms with Gasteiger partial charge in [-0.2, -0.15) is 11.8 Å². The van der Waals surface area contributed by atoms with E-state index in [1.165, 1.54) is 39.9 Å². The summed E-state index contributed by atoms with van der Waals surface area (Å²) in [5, 5.41) is 3.57. The summed E-state index contributed by atoms with van der Waals surface area (Å²) < 4.78 is 7.53. The van der Waals surface area contributed by atoms with Crippen molar-refractivity contribution in [2.45, 2.75) is 30.9 Å². The zero-order valence-electron chi connectivity index (χ0n) is 11.9. The van der Waals surface area contributed by atoms with E-state index >= 15 is 0 Å². The molecule has 0 radical (unpaired) electrons. The van der Waals surface area contributed by atoms with Gasteiger partial charge in [0, 0.05) is 22.0 Å². The highest BCUT2D eigenvalue weighted by Gasteiger charge is 2.42. The molecule has 1 aromatic carbocycles. The summed E-state index contributed by atoms with van der Waals surface area (Å²) in [5.41, 5.74) is 1.62. The first-order valence-electron chi connectivity index (χ1n) is 7.37. The highest BCUT2D eigenvalue weighted by molar-refractivity contribution is 14.1. The molecule has 1 spiro atoms. The van der Waals surface area contributed by atoms with Crippen molar-refractivity contribution in [1.29, 1.82) is 0 Å². The maximum absolute atomic E-state index is 6.17. The number of benzene rings is 1. The number of thioether (sulfide) groups is 1. The van der Waals surface area contributed by atoms with Gasteiger partial charge in [-0.05, 0) is 72.2 Å². The Kier molecular flexibility index (Phi) is 4.95. The second kappa shape index (κ2) is 6.55. The van der Waals surface area contributed by atoms with Crippen LogP contribution in [0.4, 0.5) is 0 Å². The first-order valence-corrected chi connectivity index (χ1v) is 9.61. The van der Waals surface area contributed by atoms with Crippen LogP contribution < -0.4 is 5.32 Å². The Balaban J connectivity index is 1.81. The molecule has 2 fully saturated rings. The molecule has 0 aliphatic carbocycles. The molecule has 0 amide bonds. The van der Waals surface area contributed by atoms with Gasteiger partial charge in [0.15, 0.2) is 0 Å². The van der Waals surface area contributed by atoms with Crippen molar-refractivity contribution in [3.05, 3.63) is 33.4 Å². The number of nitrogens with one attached hydrogen (secondary N) is 1. The molecule has 1 N–H and O–H groups in total. The molecule has 0 bridgehead atoms. The summed E-state index contributed by atoms with van der Waals surface area (Å²) >= 11 is 4.51. The van der Waals surface area contributed by atoms with E-state index in [4.69, 9.17) is 4.74 Å². The summed E-state index contributed by atoms with van der Waals surface area (Å²) in [6.45, 7) is 0.923. The summed E-state index contributed by atoms with van der Waals surface area (Å²) in [4.78, 5) is 0. The van der Waals surface area contributed by atoms with Gasteiger partial charge in [0.1, 0.15) is 0 Å². The van der Waals surface area contributed by atoms with E-state index in [1.54, 1.807) is 0 Å². The van der Waals surface area contributed by atoms with Crippen LogP contribution in [0, 0.1) is 9.49 Å². The molecule has 0 saturated carbocycles. The van der Waals surface area contributed by atoms with Crippen LogP contribution in [0.2, 0.25) is 0 Å². The summed E-state index contributed by atoms with van der Waals surface area (Å²) in [6, 6.07) is 9.21. The average molecular weight is 403 g/mol. The van der Waals surface area contributed by atoms with Crippen molar-refractivity contribution in [3.8, 4) is 0 Å². The number of hydrogen-bond acceptors (Lipinski definition) is 3. The third kappa shape index (κ3) is 3.03. The predicted molar refractivity (Wildman–Crippen MR) is 94.3 cm³/mol. The molecule has 3 atom stereocenters. The average Bonchev–Trinajstić information content (AvgIpc) is 2.90. The van der Waals surface area contributed by atoms with Gasteiger partial charge in [0.05, 0.1) is 5.60 Å². The van der Waals surface area contributed by atoms with Crippen molar-refractivity contribution in [1.82, 2.24) is 5.32 Å². The SMILES string of the molecule is CNC(c1ccccc1I)C1CCOC2(CCSC2)C1. The zero-order valence-corrected chi connectivity index (χ0v) is 14.9. The van der Waals surface area contributed by atoms with E-state index in [1.807, 2.05) is 0 Å². The van der Waals surface area contributed by atoms with E-state index in [-0.39, 0.29) is 5.60 Å². The van der Waals surface area contributed by atoms with Gasteiger partial charge in [-0.25, -0.2) is 0 Å². The lowest BCUT2D eigenvalue weighted by Crippen LogP contribution is -2.43. The molecule has 1 aromatic rings. The number of ether oxygens (including phenoxy) is 1. The number of rotatable bonds is 3. The van der Waals surface area contributed by atoms with E-state index in [9.17, 15) is 0 Å². The van der Waals surface area contributed by atoms with Crippen molar-refractivity contribution in [2.75, 3.05) is 25.2 Å². The monoisotopic (exact) mass is 403 g/mol. The van der Waals surface area contributed by atoms with Gasteiger partial charge in [-0.3, -0.25) is 0 Å². The fraction of sp³-hybridized carbons (Fsp3) is 0.625. The molecule has 20 heavy (non-hydrogen) atoms. The minimum Gasteiger partial charge on any atom is -0.374 e. The fourth-order valence-electron chi connectivity index (χ4n) is 3.59. The normalized spacial score (nSPS) is 31.6. The van der Waals surface area contributed by atoms with Crippen LogP contribution in [0.15, 0.2) is 24.3 Å². The van der Waals surface area contributed by atoms with Gasteiger partial charge in [0.25, 0.3) is 0 Å². The molecule has 0 aromatic heterocycles. The molecule has 2 heterocycles.